The molecule has 0 spiro atoms. The van der Waals surface area contributed by atoms with Crippen molar-refractivity contribution < 1.29 is 19.1 Å². The van der Waals surface area contributed by atoms with Gasteiger partial charge in [0.15, 0.2) is 11.5 Å². The molecule has 0 aliphatic heterocycles. The number of hydrogen-bond acceptors (Lipinski definition) is 6. The van der Waals surface area contributed by atoms with Crippen LogP contribution in [0.3, 0.4) is 0 Å². The van der Waals surface area contributed by atoms with Gasteiger partial charge in [-0.05, 0) is 70.7 Å². The quantitative estimate of drug-likeness (QED) is 0.182. The van der Waals surface area contributed by atoms with Gasteiger partial charge in [-0.25, -0.2) is 5.43 Å². The molecule has 2 N–H and O–H groups in total. The van der Waals surface area contributed by atoms with Crippen LogP contribution in [0.25, 0.3) is 0 Å². The summed E-state index contributed by atoms with van der Waals surface area (Å²) in [6.07, 6.45) is 1.46. The third-order valence-electron chi connectivity index (χ3n) is 5.65. The van der Waals surface area contributed by atoms with Crippen LogP contribution in [-0.2, 0) is 11.4 Å². The molecule has 1 unspecified atom stereocenters. The van der Waals surface area contributed by atoms with Crippen LogP contribution in [0.1, 0.15) is 47.8 Å². The fourth-order valence-electron chi connectivity index (χ4n) is 3.61. The SMILES string of the molecule is CCOc1cc(/C=N/NC(=O)C(NC(=O)c2ccc(Cl)c(Cl)c2)C(C)C)cc(Br)c1OCc1ccccc1C#N. The highest BCUT2D eigenvalue weighted by Crippen LogP contribution is 2.37. The minimum Gasteiger partial charge on any atom is -0.490 e. The Balaban J connectivity index is 1.71. The number of ether oxygens (including phenoxy) is 2. The third kappa shape index (κ3) is 8.21. The van der Waals surface area contributed by atoms with Crippen LogP contribution >= 0.6 is 39.1 Å². The van der Waals surface area contributed by atoms with Crippen molar-refractivity contribution >= 4 is 57.2 Å². The minimum atomic E-state index is -0.850. The second kappa shape index (κ2) is 14.7. The van der Waals surface area contributed by atoms with E-state index in [1.165, 1.54) is 24.4 Å². The van der Waals surface area contributed by atoms with E-state index in [1.807, 2.05) is 32.9 Å². The third-order valence-corrected chi connectivity index (χ3v) is 6.98. The summed E-state index contributed by atoms with van der Waals surface area (Å²) < 4.78 is 12.4. The first-order chi connectivity index (χ1) is 19.1. The molecule has 0 saturated carbocycles. The Kier molecular flexibility index (Phi) is 11.4. The van der Waals surface area contributed by atoms with Gasteiger partial charge in [0.05, 0.1) is 39.0 Å². The fraction of sp³-hybridized carbons (Fsp3) is 0.241. The number of rotatable bonds is 11. The summed E-state index contributed by atoms with van der Waals surface area (Å²) in [5, 5.41) is 16.7. The molecule has 8 nitrogen and oxygen atoms in total. The summed E-state index contributed by atoms with van der Waals surface area (Å²) in [7, 11) is 0. The zero-order valence-corrected chi connectivity index (χ0v) is 25.1. The number of amides is 2. The van der Waals surface area contributed by atoms with E-state index in [9.17, 15) is 14.9 Å². The Bertz CT molecular complexity index is 1460. The van der Waals surface area contributed by atoms with Gasteiger partial charge in [-0.2, -0.15) is 10.4 Å². The molecule has 0 aliphatic rings. The van der Waals surface area contributed by atoms with E-state index in [0.717, 1.165) is 5.56 Å². The van der Waals surface area contributed by atoms with E-state index in [1.54, 1.807) is 24.3 Å². The predicted octanol–water partition coefficient (Wildman–Crippen LogP) is 6.51. The predicted molar refractivity (Wildman–Crippen MR) is 159 cm³/mol. The van der Waals surface area contributed by atoms with Crippen molar-refractivity contribution in [2.45, 2.75) is 33.4 Å². The van der Waals surface area contributed by atoms with Crippen molar-refractivity contribution in [3.8, 4) is 17.6 Å². The van der Waals surface area contributed by atoms with Gasteiger partial charge in [-0.3, -0.25) is 9.59 Å². The second-order valence-corrected chi connectivity index (χ2v) is 10.5. The average Bonchev–Trinajstić information content (AvgIpc) is 2.92. The first-order valence-corrected chi connectivity index (χ1v) is 13.8. The molecule has 0 heterocycles. The zero-order chi connectivity index (χ0) is 29.2. The van der Waals surface area contributed by atoms with Crippen molar-refractivity contribution in [2.75, 3.05) is 6.61 Å². The van der Waals surface area contributed by atoms with E-state index in [0.29, 0.717) is 38.7 Å². The number of carbonyl (C=O) groups is 2. The lowest BCUT2D eigenvalue weighted by atomic mass is 10.0. The van der Waals surface area contributed by atoms with Crippen LogP contribution in [0, 0.1) is 17.2 Å². The van der Waals surface area contributed by atoms with Crippen LogP contribution in [0.15, 0.2) is 64.2 Å². The molecule has 0 radical (unpaired) electrons. The molecule has 3 rings (SSSR count). The number of hydrazone groups is 1. The molecular weight excluding hydrogens is 619 g/mol. The van der Waals surface area contributed by atoms with Gasteiger partial charge in [0, 0.05) is 11.1 Å². The Morgan fingerprint density at radius 3 is 2.52 bits per heavy atom. The molecule has 0 bridgehead atoms. The maximum absolute atomic E-state index is 12.9. The standard InChI is InChI=1S/C29H27BrCl2N4O4/c1-4-39-25-12-18(11-22(30)27(25)40-16-21-8-6-5-7-20(21)14-33)15-34-36-29(38)26(17(2)3)35-28(37)19-9-10-23(31)24(32)13-19/h5-13,15,17,26H,4,16H2,1-3H3,(H,35,37)(H,36,38)/b34-15+. The van der Waals surface area contributed by atoms with Crippen molar-refractivity contribution in [3.05, 3.63) is 91.4 Å². The number of carbonyl (C=O) groups excluding carboxylic acids is 2. The Morgan fingerprint density at radius 1 is 1.10 bits per heavy atom. The summed E-state index contributed by atoms with van der Waals surface area (Å²) >= 11 is 15.5. The number of nitrogens with one attached hydrogen (secondary N) is 2. The fourth-order valence-corrected chi connectivity index (χ4v) is 4.48. The molecule has 3 aromatic rings. The van der Waals surface area contributed by atoms with E-state index < -0.39 is 17.9 Å². The molecule has 0 aliphatic carbocycles. The average molecular weight is 646 g/mol. The first kappa shape index (κ1) is 31.0. The summed E-state index contributed by atoms with van der Waals surface area (Å²) in [5.74, 6) is -0.230. The molecule has 40 heavy (non-hydrogen) atoms. The highest BCUT2D eigenvalue weighted by atomic mass is 79.9. The van der Waals surface area contributed by atoms with Gasteiger partial charge in [0.1, 0.15) is 12.6 Å². The van der Waals surface area contributed by atoms with Crippen LogP contribution in [0.4, 0.5) is 0 Å². The summed E-state index contributed by atoms with van der Waals surface area (Å²) in [4.78, 5) is 25.6. The molecule has 2 amide bonds. The normalized spacial score (nSPS) is 11.7. The topological polar surface area (TPSA) is 113 Å². The molecule has 208 valence electrons. The molecule has 11 heteroatoms. The van der Waals surface area contributed by atoms with Gasteiger partial charge in [0.25, 0.3) is 11.8 Å². The van der Waals surface area contributed by atoms with Crippen LogP contribution < -0.4 is 20.2 Å². The van der Waals surface area contributed by atoms with Crippen LogP contribution in [0.2, 0.25) is 10.0 Å². The number of halogens is 3. The maximum atomic E-state index is 12.9. The van der Waals surface area contributed by atoms with Crippen molar-refractivity contribution in [1.29, 1.82) is 5.26 Å². The van der Waals surface area contributed by atoms with Gasteiger partial charge >= 0.3 is 0 Å². The smallest absolute Gasteiger partial charge is 0.262 e. The van der Waals surface area contributed by atoms with Crippen molar-refractivity contribution in [1.82, 2.24) is 10.7 Å². The van der Waals surface area contributed by atoms with E-state index in [-0.39, 0.29) is 23.1 Å². The monoisotopic (exact) mass is 644 g/mol. The van der Waals surface area contributed by atoms with Gasteiger partial charge in [-0.15, -0.1) is 0 Å². The van der Waals surface area contributed by atoms with Gasteiger partial charge in [-0.1, -0.05) is 55.2 Å². The summed E-state index contributed by atoms with van der Waals surface area (Å²) in [6.45, 7) is 6.03. The van der Waals surface area contributed by atoms with E-state index >= 15 is 0 Å². The highest BCUT2D eigenvalue weighted by molar-refractivity contribution is 9.10. The molecular formula is C29H27BrCl2N4O4. The lowest BCUT2D eigenvalue weighted by Crippen LogP contribution is -2.48. The van der Waals surface area contributed by atoms with Crippen molar-refractivity contribution in [3.63, 3.8) is 0 Å². The van der Waals surface area contributed by atoms with Gasteiger partial charge in [0.2, 0.25) is 0 Å². The molecule has 0 fully saturated rings. The lowest BCUT2D eigenvalue weighted by molar-refractivity contribution is -0.123. The zero-order valence-electron chi connectivity index (χ0n) is 22.0. The summed E-state index contributed by atoms with van der Waals surface area (Å²) in [5.41, 5.74) is 4.67. The Morgan fingerprint density at radius 2 is 1.85 bits per heavy atom. The number of nitriles is 1. The Labute approximate surface area is 251 Å². The van der Waals surface area contributed by atoms with E-state index in [2.05, 4.69) is 37.8 Å². The molecule has 3 aromatic carbocycles. The molecule has 1 atom stereocenters. The maximum Gasteiger partial charge on any atom is 0.262 e. The van der Waals surface area contributed by atoms with E-state index in [4.69, 9.17) is 32.7 Å². The Hall–Kier alpha value is -3.58. The number of hydrogen-bond donors (Lipinski definition) is 2. The van der Waals surface area contributed by atoms with Crippen LogP contribution in [-0.4, -0.2) is 30.7 Å². The molecule has 0 saturated heterocycles. The highest BCUT2D eigenvalue weighted by Gasteiger charge is 2.25. The second-order valence-electron chi connectivity index (χ2n) is 8.88. The van der Waals surface area contributed by atoms with Crippen LogP contribution in [0.5, 0.6) is 11.5 Å². The molecule has 0 aromatic heterocycles. The summed E-state index contributed by atoms with van der Waals surface area (Å²) in [6, 6.07) is 16.5. The van der Waals surface area contributed by atoms with Crippen molar-refractivity contribution in [2.24, 2.45) is 11.0 Å². The first-order valence-electron chi connectivity index (χ1n) is 12.3. The lowest BCUT2D eigenvalue weighted by Gasteiger charge is -2.20. The number of benzene rings is 3. The van der Waals surface area contributed by atoms with Gasteiger partial charge < -0.3 is 14.8 Å². The minimum absolute atomic E-state index is 0.177. The number of nitrogens with zero attached hydrogens (tertiary/aromatic N) is 2. The largest absolute Gasteiger partial charge is 0.490 e.